The van der Waals surface area contributed by atoms with Gasteiger partial charge in [0.25, 0.3) is 0 Å². The topological polar surface area (TPSA) is 44.5 Å². The summed E-state index contributed by atoms with van der Waals surface area (Å²) in [5.41, 5.74) is 8.92. The minimum absolute atomic E-state index is 0.143. The van der Waals surface area contributed by atoms with Gasteiger partial charge in [0.05, 0.1) is 0 Å². The molecule has 1 saturated carbocycles. The highest BCUT2D eigenvalue weighted by Crippen LogP contribution is 2.46. The van der Waals surface area contributed by atoms with Gasteiger partial charge in [-0.15, -0.1) is 0 Å². The summed E-state index contributed by atoms with van der Waals surface area (Å²) in [6.07, 6.45) is 3.38. The molecule has 2 N–H and O–H groups in total. The van der Waals surface area contributed by atoms with Crippen LogP contribution in [0.1, 0.15) is 50.2 Å². The Balaban J connectivity index is 2.10. The van der Waals surface area contributed by atoms with E-state index < -0.39 is 0 Å². The highest BCUT2D eigenvalue weighted by atomic mass is 16.6. The average molecular weight is 247 g/mol. The highest BCUT2D eigenvalue weighted by Gasteiger charge is 2.37. The molecule has 2 aliphatic rings. The van der Waals surface area contributed by atoms with E-state index in [4.69, 9.17) is 15.2 Å². The molecule has 0 unspecified atom stereocenters. The van der Waals surface area contributed by atoms with Crippen LogP contribution in [-0.4, -0.2) is 13.2 Å². The minimum Gasteiger partial charge on any atom is -0.486 e. The van der Waals surface area contributed by atoms with E-state index >= 15 is 0 Å². The van der Waals surface area contributed by atoms with Gasteiger partial charge in [-0.25, -0.2) is 0 Å². The maximum Gasteiger partial charge on any atom is 0.161 e. The van der Waals surface area contributed by atoms with E-state index in [1.54, 1.807) is 0 Å². The summed E-state index contributed by atoms with van der Waals surface area (Å²) in [6, 6.07) is 4.24. The van der Waals surface area contributed by atoms with Crippen molar-refractivity contribution in [1.29, 1.82) is 0 Å². The van der Waals surface area contributed by atoms with Crippen molar-refractivity contribution >= 4 is 0 Å². The molecule has 1 fully saturated rings. The van der Waals surface area contributed by atoms with Crippen LogP contribution in [0.2, 0.25) is 0 Å². The monoisotopic (exact) mass is 247 g/mol. The zero-order valence-corrected chi connectivity index (χ0v) is 11.2. The Morgan fingerprint density at radius 2 is 1.72 bits per heavy atom. The van der Waals surface area contributed by atoms with Crippen LogP contribution in [0, 0.1) is 0 Å². The van der Waals surface area contributed by atoms with E-state index in [-0.39, 0.29) is 5.54 Å². The molecule has 0 bridgehead atoms. The Kier molecular flexibility index (Phi) is 2.74. The zero-order chi connectivity index (χ0) is 12.8. The molecule has 0 amide bonds. The molecule has 1 aromatic carbocycles. The summed E-state index contributed by atoms with van der Waals surface area (Å²) in [4.78, 5) is 0. The molecule has 1 aromatic rings. The van der Waals surface area contributed by atoms with Gasteiger partial charge in [0, 0.05) is 5.54 Å². The van der Waals surface area contributed by atoms with Crippen molar-refractivity contribution in [3.8, 4) is 11.5 Å². The largest absolute Gasteiger partial charge is 0.486 e. The fourth-order valence-corrected chi connectivity index (χ4v) is 2.84. The van der Waals surface area contributed by atoms with E-state index in [1.165, 1.54) is 17.5 Å². The van der Waals surface area contributed by atoms with Gasteiger partial charge in [0.15, 0.2) is 11.5 Å². The van der Waals surface area contributed by atoms with Gasteiger partial charge < -0.3 is 15.2 Å². The van der Waals surface area contributed by atoms with Gasteiger partial charge in [-0.05, 0) is 48.4 Å². The van der Waals surface area contributed by atoms with Crippen LogP contribution < -0.4 is 15.2 Å². The normalized spacial score (nSPS) is 20.7. The number of fused-ring (bicyclic) bond motifs is 1. The zero-order valence-electron chi connectivity index (χ0n) is 11.2. The summed E-state index contributed by atoms with van der Waals surface area (Å²) in [5, 5.41) is 0. The van der Waals surface area contributed by atoms with Crippen molar-refractivity contribution in [2.45, 2.75) is 44.6 Å². The molecule has 98 valence electrons. The first-order valence-electron chi connectivity index (χ1n) is 6.83. The smallest absolute Gasteiger partial charge is 0.161 e. The molecule has 1 aliphatic heterocycles. The second-order valence-corrected chi connectivity index (χ2v) is 5.75. The molecule has 0 radical (unpaired) electrons. The van der Waals surface area contributed by atoms with Crippen LogP contribution in [-0.2, 0) is 5.54 Å². The Morgan fingerprint density at radius 1 is 1.11 bits per heavy atom. The quantitative estimate of drug-likeness (QED) is 0.874. The third-order valence-corrected chi connectivity index (χ3v) is 4.12. The lowest BCUT2D eigenvalue weighted by Crippen LogP contribution is -2.44. The molecular weight excluding hydrogens is 226 g/mol. The Bertz CT molecular complexity index is 464. The first-order valence-corrected chi connectivity index (χ1v) is 6.83. The van der Waals surface area contributed by atoms with Crippen LogP contribution in [0.5, 0.6) is 11.5 Å². The van der Waals surface area contributed by atoms with Crippen molar-refractivity contribution in [3.05, 3.63) is 23.3 Å². The summed E-state index contributed by atoms with van der Waals surface area (Å²) in [7, 11) is 0. The Labute approximate surface area is 108 Å². The first-order chi connectivity index (χ1) is 8.60. The fraction of sp³-hybridized carbons (Fsp3) is 0.600. The summed E-state index contributed by atoms with van der Waals surface area (Å²) >= 11 is 0. The van der Waals surface area contributed by atoms with Crippen molar-refractivity contribution in [1.82, 2.24) is 0 Å². The molecule has 3 heteroatoms. The molecule has 1 heterocycles. The number of nitrogens with two attached hydrogens (primary N) is 1. The van der Waals surface area contributed by atoms with Gasteiger partial charge in [-0.3, -0.25) is 0 Å². The van der Waals surface area contributed by atoms with Gasteiger partial charge >= 0.3 is 0 Å². The standard InChI is InChI=1S/C15H21NO2/c1-10(2)11-8-13-14(18-7-6-17-13)9-12(11)15(16)4-3-5-15/h8-10H,3-7,16H2,1-2H3. The number of rotatable bonds is 2. The first kappa shape index (κ1) is 11.8. The highest BCUT2D eigenvalue weighted by molar-refractivity contribution is 5.51. The second kappa shape index (κ2) is 4.16. The maximum atomic E-state index is 6.50. The van der Waals surface area contributed by atoms with Crippen LogP contribution in [0.3, 0.4) is 0 Å². The van der Waals surface area contributed by atoms with E-state index in [0.29, 0.717) is 19.1 Å². The SMILES string of the molecule is CC(C)c1cc2c(cc1C1(N)CCC1)OCCO2. The molecular formula is C15H21NO2. The van der Waals surface area contributed by atoms with Crippen LogP contribution in [0.4, 0.5) is 0 Å². The van der Waals surface area contributed by atoms with Gasteiger partial charge in [0.1, 0.15) is 13.2 Å². The lowest BCUT2D eigenvalue weighted by Gasteiger charge is -2.41. The molecule has 0 saturated heterocycles. The molecule has 3 nitrogen and oxygen atoms in total. The van der Waals surface area contributed by atoms with Crippen LogP contribution in [0.25, 0.3) is 0 Å². The van der Waals surface area contributed by atoms with Gasteiger partial charge in [-0.1, -0.05) is 13.8 Å². The van der Waals surface area contributed by atoms with Crippen molar-refractivity contribution < 1.29 is 9.47 Å². The number of hydrogen-bond acceptors (Lipinski definition) is 3. The van der Waals surface area contributed by atoms with E-state index in [1.807, 2.05) is 0 Å². The average Bonchev–Trinajstić information content (AvgIpc) is 2.34. The van der Waals surface area contributed by atoms with Gasteiger partial charge in [0.2, 0.25) is 0 Å². The second-order valence-electron chi connectivity index (χ2n) is 5.75. The molecule has 1 aliphatic carbocycles. The Morgan fingerprint density at radius 3 is 2.22 bits per heavy atom. The number of hydrogen-bond donors (Lipinski definition) is 1. The predicted molar refractivity (Wildman–Crippen MR) is 71.2 cm³/mol. The lowest BCUT2D eigenvalue weighted by molar-refractivity contribution is 0.169. The van der Waals surface area contributed by atoms with Crippen LogP contribution >= 0.6 is 0 Å². The maximum absolute atomic E-state index is 6.50. The van der Waals surface area contributed by atoms with E-state index in [2.05, 4.69) is 26.0 Å². The molecule has 0 aromatic heterocycles. The molecule has 3 rings (SSSR count). The van der Waals surface area contributed by atoms with Crippen molar-refractivity contribution in [3.63, 3.8) is 0 Å². The number of benzene rings is 1. The van der Waals surface area contributed by atoms with E-state index in [9.17, 15) is 0 Å². The van der Waals surface area contributed by atoms with Gasteiger partial charge in [-0.2, -0.15) is 0 Å². The third-order valence-electron chi connectivity index (χ3n) is 4.12. The predicted octanol–water partition coefficient (Wildman–Crippen LogP) is 2.92. The third kappa shape index (κ3) is 1.77. The van der Waals surface area contributed by atoms with E-state index in [0.717, 1.165) is 24.3 Å². The molecule has 0 spiro atoms. The fourth-order valence-electron chi connectivity index (χ4n) is 2.84. The summed E-state index contributed by atoms with van der Waals surface area (Å²) < 4.78 is 11.3. The van der Waals surface area contributed by atoms with Crippen molar-refractivity contribution in [2.75, 3.05) is 13.2 Å². The minimum atomic E-state index is -0.143. The van der Waals surface area contributed by atoms with Crippen LogP contribution in [0.15, 0.2) is 12.1 Å². The molecule has 18 heavy (non-hydrogen) atoms. The Hall–Kier alpha value is -1.22. The lowest BCUT2D eigenvalue weighted by atomic mass is 9.70. The number of ether oxygens (including phenoxy) is 2. The summed E-state index contributed by atoms with van der Waals surface area (Å²) in [5.74, 6) is 2.19. The summed E-state index contributed by atoms with van der Waals surface area (Å²) in [6.45, 7) is 5.68. The molecule has 0 atom stereocenters. The van der Waals surface area contributed by atoms with Crippen molar-refractivity contribution in [2.24, 2.45) is 5.73 Å².